The van der Waals surface area contributed by atoms with Crippen LogP contribution in [-0.2, 0) is 0 Å². The SMILES string of the molecule is CCN1CCN(c2ccc(N(C)c3cc(N)ncn3)cc2)CC1. The van der Waals surface area contributed by atoms with Crippen molar-refractivity contribution in [2.24, 2.45) is 0 Å². The molecule has 1 saturated heterocycles. The van der Waals surface area contributed by atoms with Gasteiger partial charge in [-0.3, -0.25) is 0 Å². The molecule has 1 aromatic heterocycles. The molecule has 1 aliphatic rings. The number of benzene rings is 1. The largest absolute Gasteiger partial charge is 0.384 e. The predicted octanol–water partition coefficient (Wildman–Crippen LogP) is 1.97. The first kappa shape index (κ1) is 15.6. The minimum Gasteiger partial charge on any atom is -0.384 e. The number of nitrogens with two attached hydrogens (primary N) is 1. The summed E-state index contributed by atoms with van der Waals surface area (Å²) in [5.74, 6) is 1.27. The van der Waals surface area contributed by atoms with E-state index >= 15 is 0 Å². The van der Waals surface area contributed by atoms with E-state index in [1.807, 2.05) is 11.9 Å². The van der Waals surface area contributed by atoms with Crippen molar-refractivity contribution in [1.82, 2.24) is 14.9 Å². The van der Waals surface area contributed by atoms with E-state index < -0.39 is 0 Å². The van der Waals surface area contributed by atoms with Crippen molar-refractivity contribution < 1.29 is 0 Å². The smallest absolute Gasteiger partial charge is 0.138 e. The van der Waals surface area contributed by atoms with Crippen molar-refractivity contribution >= 4 is 23.0 Å². The second kappa shape index (κ2) is 6.83. The zero-order chi connectivity index (χ0) is 16.2. The van der Waals surface area contributed by atoms with Gasteiger partial charge in [-0.25, -0.2) is 9.97 Å². The number of aromatic nitrogens is 2. The predicted molar refractivity (Wildman–Crippen MR) is 95.3 cm³/mol. The van der Waals surface area contributed by atoms with E-state index in [0.717, 1.165) is 44.2 Å². The van der Waals surface area contributed by atoms with Crippen molar-refractivity contribution in [1.29, 1.82) is 0 Å². The summed E-state index contributed by atoms with van der Waals surface area (Å²) in [6.07, 6.45) is 1.49. The number of piperazine rings is 1. The Morgan fingerprint density at radius 3 is 2.39 bits per heavy atom. The van der Waals surface area contributed by atoms with Gasteiger partial charge in [0, 0.05) is 50.7 Å². The number of rotatable bonds is 4. The van der Waals surface area contributed by atoms with Crippen LogP contribution in [-0.4, -0.2) is 54.6 Å². The number of likely N-dealkylation sites (N-methyl/N-ethyl adjacent to an activating group) is 1. The van der Waals surface area contributed by atoms with Crippen LogP contribution in [0.15, 0.2) is 36.7 Å². The molecule has 0 saturated carbocycles. The van der Waals surface area contributed by atoms with Crippen LogP contribution in [0.1, 0.15) is 6.92 Å². The van der Waals surface area contributed by atoms with E-state index in [2.05, 4.69) is 51.0 Å². The highest BCUT2D eigenvalue weighted by atomic mass is 15.3. The Morgan fingerprint density at radius 1 is 1.09 bits per heavy atom. The summed E-state index contributed by atoms with van der Waals surface area (Å²) in [6, 6.07) is 10.4. The molecule has 0 aliphatic carbocycles. The summed E-state index contributed by atoms with van der Waals surface area (Å²) in [5, 5.41) is 0. The molecule has 122 valence electrons. The molecule has 0 amide bonds. The van der Waals surface area contributed by atoms with Crippen LogP contribution in [0.2, 0.25) is 0 Å². The fourth-order valence-electron chi connectivity index (χ4n) is 2.89. The van der Waals surface area contributed by atoms with Gasteiger partial charge in [-0.15, -0.1) is 0 Å². The summed E-state index contributed by atoms with van der Waals surface area (Å²) >= 11 is 0. The zero-order valence-corrected chi connectivity index (χ0v) is 13.8. The van der Waals surface area contributed by atoms with E-state index in [4.69, 9.17) is 5.73 Å². The Labute approximate surface area is 137 Å². The summed E-state index contributed by atoms with van der Waals surface area (Å²) < 4.78 is 0. The van der Waals surface area contributed by atoms with Crippen LogP contribution < -0.4 is 15.5 Å². The van der Waals surface area contributed by atoms with E-state index in [1.54, 1.807) is 6.07 Å². The van der Waals surface area contributed by atoms with Gasteiger partial charge in [0.1, 0.15) is 18.0 Å². The molecule has 2 aromatic rings. The lowest BCUT2D eigenvalue weighted by atomic mass is 10.2. The van der Waals surface area contributed by atoms with E-state index in [1.165, 1.54) is 12.0 Å². The number of hydrogen-bond donors (Lipinski definition) is 1. The van der Waals surface area contributed by atoms with Gasteiger partial charge in [-0.2, -0.15) is 0 Å². The Hall–Kier alpha value is -2.34. The molecule has 0 atom stereocenters. The molecular formula is C17H24N6. The van der Waals surface area contributed by atoms with Crippen molar-refractivity contribution in [3.8, 4) is 0 Å². The van der Waals surface area contributed by atoms with Gasteiger partial charge in [0.05, 0.1) is 0 Å². The zero-order valence-electron chi connectivity index (χ0n) is 13.8. The second-order valence-corrected chi connectivity index (χ2v) is 5.80. The number of hydrogen-bond acceptors (Lipinski definition) is 6. The third kappa shape index (κ3) is 3.53. The molecule has 0 spiro atoms. The molecule has 6 heteroatoms. The molecule has 1 aromatic carbocycles. The maximum absolute atomic E-state index is 5.73. The molecule has 2 heterocycles. The lowest BCUT2D eigenvalue weighted by Gasteiger charge is -2.35. The highest BCUT2D eigenvalue weighted by Crippen LogP contribution is 2.25. The van der Waals surface area contributed by atoms with Crippen molar-refractivity contribution in [2.45, 2.75) is 6.92 Å². The lowest BCUT2D eigenvalue weighted by molar-refractivity contribution is 0.271. The van der Waals surface area contributed by atoms with Gasteiger partial charge in [0.15, 0.2) is 0 Å². The van der Waals surface area contributed by atoms with Crippen molar-refractivity contribution in [3.63, 3.8) is 0 Å². The summed E-state index contributed by atoms with van der Waals surface area (Å²) in [4.78, 5) is 15.1. The molecule has 1 aliphatic heterocycles. The maximum Gasteiger partial charge on any atom is 0.138 e. The van der Waals surface area contributed by atoms with Gasteiger partial charge in [-0.05, 0) is 30.8 Å². The summed E-state index contributed by atoms with van der Waals surface area (Å²) in [6.45, 7) is 7.81. The number of nitrogen functional groups attached to an aromatic ring is 1. The fourth-order valence-corrected chi connectivity index (χ4v) is 2.89. The molecule has 3 rings (SSSR count). The Morgan fingerprint density at radius 2 is 1.78 bits per heavy atom. The van der Waals surface area contributed by atoms with E-state index in [-0.39, 0.29) is 0 Å². The van der Waals surface area contributed by atoms with E-state index in [0.29, 0.717) is 5.82 Å². The van der Waals surface area contributed by atoms with Crippen LogP contribution in [0.5, 0.6) is 0 Å². The van der Waals surface area contributed by atoms with Crippen molar-refractivity contribution in [3.05, 3.63) is 36.7 Å². The van der Waals surface area contributed by atoms with Gasteiger partial charge in [0.2, 0.25) is 0 Å². The van der Waals surface area contributed by atoms with Crippen LogP contribution in [0.4, 0.5) is 23.0 Å². The average molecular weight is 312 g/mol. The Kier molecular flexibility index (Phi) is 4.62. The topological polar surface area (TPSA) is 61.5 Å². The Bertz CT molecular complexity index is 634. The lowest BCUT2D eigenvalue weighted by Crippen LogP contribution is -2.46. The van der Waals surface area contributed by atoms with Crippen LogP contribution >= 0.6 is 0 Å². The normalized spacial score (nSPS) is 15.7. The van der Waals surface area contributed by atoms with Gasteiger partial charge in [0.25, 0.3) is 0 Å². The van der Waals surface area contributed by atoms with Gasteiger partial charge >= 0.3 is 0 Å². The second-order valence-electron chi connectivity index (χ2n) is 5.80. The highest BCUT2D eigenvalue weighted by Gasteiger charge is 2.16. The standard InChI is InChI=1S/C17H24N6/c1-3-22-8-10-23(11-9-22)15-6-4-14(5-7-15)21(2)17-12-16(18)19-13-20-17/h4-7,12-13H,3,8-11H2,1-2H3,(H2,18,19,20). The molecule has 6 nitrogen and oxygen atoms in total. The quantitative estimate of drug-likeness (QED) is 0.931. The third-order valence-electron chi connectivity index (χ3n) is 4.44. The first-order chi connectivity index (χ1) is 11.2. The van der Waals surface area contributed by atoms with Gasteiger partial charge in [-0.1, -0.05) is 6.92 Å². The van der Waals surface area contributed by atoms with Crippen LogP contribution in [0.3, 0.4) is 0 Å². The first-order valence-electron chi connectivity index (χ1n) is 8.06. The van der Waals surface area contributed by atoms with Crippen LogP contribution in [0, 0.1) is 0 Å². The number of nitrogens with zero attached hydrogens (tertiary/aromatic N) is 5. The fraction of sp³-hybridized carbons (Fsp3) is 0.412. The average Bonchev–Trinajstić information content (AvgIpc) is 2.61. The van der Waals surface area contributed by atoms with E-state index in [9.17, 15) is 0 Å². The summed E-state index contributed by atoms with van der Waals surface area (Å²) in [7, 11) is 1.98. The molecule has 23 heavy (non-hydrogen) atoms. The minimum absolute atomic E-state index is 0.479. The molecule has 0 bridgehead atoms. The van der Waals surface area contributed by atoms with Gasteiger partial charge < -0.3 is 20.4 Å². The minimum atomic E-state index is 0.479. The van der Waals surface area contributed by atoms with Crippen LogP contribution in [0.25, 0.3) is 0 Å². The van der Waals surface area contributed by atoms with Crippen molar-refractivity contribution in [2.75, 3.05) is 55.3 Å². The molecule has 1 fully saturated rings. The molecule has 0 unspecified atom stereocenters. The maximum atomic E-state index is 5.73. The first-order valence-corrected chi connectivity index (χ1v) is 8.06. The molecular weight excluding hydrogens is 288 g/mol. The molecule has 2 N–H and O–H groups in total. The molecule has 0 radical (unpaired) electrons. The Balaban J connectivity index is 1.70. The highest BCUT2D eigenvalue weighted by molar-refractivity contribution is 5.64. The third-order valence-corrected chi connectivity index (χ3v) is 4.44. The summed E-state index contributed by atoms with van der Waals surface area (Å²) in [5.41, 5.74) is 8.09. The monoisotopic (exact) mass is 312 g/mol. The number of anilines is 4.